The number of esters is 1. The highest BCUT2D eigenvalue weighted by Crippen LogP contribution is 2.30. The van der Waals surface area contributed by atoms with Crippen LogP contribution >= 0.6 is 11.3 Å². The van der Waals surface area contributed by atoms with Crippen LogP contribution in [0.25, 0.3) is 17.0 Å². The molecule has 7 heteroatoms. The third-order valence-electron chi connectivity index (χ3n) is 6.36. The number of para-hydroxylation sites is 1. The number of hydrogen-bond acceptors (Lipinski definition) is 5. The van der Waals surface area contributed by atoms with Crippen molar-refractivity contribution in [1.82, 2.24) is 9.13 Å². The lowest BCUT2D eigenvalue weighted by Crippen LogP contribution is -2.39. The summed E-state index contributed by atoms with van der Waals surface area (Å²) in [5.41, 5.74) is 4.85. The van der Waals surface area contributed by atoms with Crippen molar-refractivity contribution in [3.8, 4) is 0 Å². The second-order valence-corrected chi connectivity index (χ2v) is 9.30. The number of benzene rings is 2. The number of hydrogen-bond donors (Lipinski definition) is 0. The van der Waals surface area contributed by atoms with E-state index in [1.807, 2.05) is 55.6 Å². The van der Waals surface area contributed by atoms with E-state index in [-0.39, 0.29) is 12.2 Å². The van der Waals surface area contributed by atoms with E-state index >= 15 is 0 Å². The Balaban J connectivity index is 1.78. The lowest BCUT2D eigenvalue weighted by Gasteiger charge is -2.24. The summed E-state index contributed by atoms with van der Waals surface area (Å²) in [6, 6.07) is 17.1. The lowest BCUT2D eigenvalue weighted by atomic mass is 9.96. The molecule has 0 bridgehead atoms. The summed E-state index contributed by atoms with van der Waals surface area (Å²) in [6.07, 6.45) is 1.95. The smallest absolute Gasteiger partial charge is 0.338 e. The first kappa shape index (κ1) is 22.1. The van der Waals surface area contributed by atoms with Crippen LogP contribution < -0.4 is 14.9 Å². The number of aromatic nitrogens is 2. The molecule has 4 aromatic rings. The number of allylic oxidation sites excluding steroid dienone is 1. The van der Waals surface area contributed by atoms with Crippen molar-refractivity contribution >= 4 is 34.3 Å². The number of rotatable bonds is 4. The summed E-state index contributed by atoms with van der Waals surface area (Å²) in [5.74, 6) is -0.447. The third-order valence-corrected chi connectivity index (χ3v) is 7.34. The maximum Gasteiger partial charge on any atom is 0.338 e. The van der Waals surface area contributed by atoms with E-state index < -0.39 is 12.0 Å². The van der Waals surface area contributed by atoms with Gasteiger partial charge in [-0.3, -0.25) is 9.36 Å². The average molecular weight is 472 g/mol. The first-order valence-electron chi connectivity index (χ1n) is 11.2. The van der Waals surface area contributed by atoms with Gasteiger partial charge in [-0.05, 0) is 38.5 Å². The molecule has 2 aromatic carbocycles. The minimum atomic E-state index is -0.590. The van der Waals surface area contributed by atoms with E-state index in [1.54, 1.807) is 18.4 Å². The monoisotopic (exact) mass is 471 g/mol. The predicted octanol–water partition coefficient (Wildman–Crippen LogP) is 3.60. The Hall–Kier alpha value is -3.71. The Kier molecular flexibility index (Phi) is 5.57. The predicted molar refractivity (Wildman–Crippen MR) is 134 cm³/mol. The molecule has 0 aliphatic carbocycles. The maximum atomic E-state index is 13.8. The van der Waals surface area contributed by atoms with Crippen LogP contribution in [0.15, 0.2) is 75.7 Å². The zero-order chi connectivity index (χ0) is 24.0. The fourth-order valence-electron chi connectivity index (χ4n) is 4.61. The van der Waals surface area contributed by atoms with Crippen molar-refractivity contribution in [2.45, 2.75) is 26.8 Å². The topological polar surface area (TPSA) is 65.6 Å². The van der Waals surface area contributed by atoms with Crippen molar-refractivity contribution in [3.05, 3.63) is 102 Å². The molecule has 0 radical (unpaired) electrons. The summed E-state index contributed by atoms with van der Waals surface area (Å²) in [7, 11) is 2.03. The highest BCUT2D eigenvalue weighted by molar-refractivity contribution is 7.07. The van der Waals surface area contributed by atoms with E-state index in [2.05, 4.69) is 28.6 Å². The normalized spacial score (nSPS) is 16.0. The van der Waals surface area contributed by atoms with Gasteiger partial charge in [0, 0.05) is 29.2 Å². The molecule has 3 heterocycles. The van der Waals surface area contributed by atoms with E-state index in [1.165, 1.54) is 11.3 Å². The Bertz CT molecular complexity index is 1640. The molecule has 0 amide bonds. The molecule has 0 saturated carbocycles. The molecule has 0 spiro atoms. The molecule has 1 atom stereocenters. The van der Waals surface area contributed by atoms with Crippen LogP contribution in [0.2, 0.25) is 0 Å². The molecule has 0 N–H and O–H groups in total. The van der Waals surface area contributed by atoms with E-state index in [9.17, 15) is 9.59 Å². The standard InChI is InChI=1S/C27H25N3O3S/c1-5-33-26(32)23-16(2)28-27-30(24(23)18-11-7-6-8-12-18)25(31)22(34-27)15-20-17(3)29(4)21-14-10-9-13-19(20)21/h6-15,24H,5H2,1-4H3/b22-15-/t24-/m1/s1. The minimum absolute atomic E-state index is 0.167. The van der Waals surface area contributed by atoms with Crippen molar-refractivity contribution in [2.75, 3.05) is 6.61 Å². The molecular weight excluding hydrogens is 446 g/mol. The van der Waals surface area contributed by atoms with Gasteiger partial charge >= 0.3 is 5.97 Å². The molecule has 0 fully saturated rings. The van der Waals surface area contributed by atoms with Crippen LogP contribution in [0.5, 0.6) is 0 Å². The zero-order valence-corrected chi connectivity index (χ0v) is 20.3. The largest absolute Gasteiger partial charge is 0.463 e. The highest BCUT2D eigenvalue weighted by Gasteiger charge is 2.33. The second kappa shape index (κ2) is 8.57. The van der Waals surface area contributed by atoms with Crippen molar-refractivity contribution in [2.24, 2.45) is 12.0 Å². The quantitative estimate of drug-likeness (QED) is 0.427. The van der Waals surface area contributed by atoms with E-state index in [4.69, 9.17) is 4.74 Å². The maximum absolute atomic E-state index is 13.8. The highest BCUT2D eigenvalue weighted by atomic mass is 32.1. The zero-order valence-electron chi connectivity index (χ0n) is 19.5. The number of thiazole rings is 1. The number of nitrogens with zero attached hydrogens (tertiary/aromatic N) is 3. The number of carbonyl (C=O) groups is 1. The van der Waals surface area contributed by atoms with Crippen molar-refractivity contribution in [1.29, 1.82) is 0 Å². The Labute approximate surface area is 200 Å². The molecular formula is C27H25N3O3S. The van der Waals surface area contributed by atoms with Crippen LogP contribution in [0.4, 0.5) is 0 Å². The fourth-order valence-corrected chi connectivity index (χ4v) is 5.63. The van der Waals surface area contributed by atoms with Gasteiger partial charge < -0.3 is 9.30 Å². The van der Waals surface area contributed by atoms with Crippen molar-refractivity contribution < 1.29 is 9.53 Å². The summed E-state index contributed by atoms with van der Waals surface area (Å²) in [6.45, 7) is 5.88. The number of ether oxygens (including phenoxy) is 1. The SMILES string of the molecule is CCOC(=O)C1=C(C)N=c2s/c(=C\c3c(C)n(C)c4ccccc34)c(=O)n2[C@@H]1c1ccccc1. The summed E-state index contributed by atoms with van der Waals surface area (Å²) in [5, 5.41) is 1.09. The average Bonchev–Trinajstić information content (AvgIpc) is 3.27. The van der Waals surface area contributed by atoms with Crippen LogP contribution in [0.1, 0.15) is 36.7 Å². The molecule has 5 rings (SSSR count). The summed E-state index contributed by atoms with van der Waals surface area (Å²) >= 11 is 1.35. The minimum Gasteiger partial charge on any atom is -0.463 e. The fraction of sp³-hybridized carbons (Fsp3) is 0.222. The number of fused-ring (bicyclic) bond motifs is 2. The molecule has 0 unspecified atom stereocenters. The molecule has 1 aliphatic heterocycles. The van der Waals surface area contributed by atoms with Gasteiger partial charge in [-0.1, -0.05) is 59.9 Å². The molecule has 2 aromatic heterocycles. The van der Waals surface area contributed by atoms with Gasteiger partial charge in [0.25, 0.3) is 5.56 Å². The van der Waals surface area contributed by atoms with Crippen LogP contribution in [-0.4, -0.2) is 21.7 Å². The van der Waals surface area contributed by atoms with Gasteiger partial charge in [-0.15, -0.1) is 0 Å². The van der Waals surface area contributed by atoms with Gasteiger partial charge in [-0.2, -0.15) is 0 Å². The van der Waals surface area contributed by atoms with Crippen LogP contribution in [0, 0.1) is 6.92 Å². The Morgan fingerprint density at radius 2 is 1.82 bits per heavy atom. The number of aryl methyl sites for hydroxylation is 1. The summed E-state index contributed by atoms with van der Waals surface area (Å²) < 4.78 is 9.69. The first-order chi connectivity index (χ1) is 16.4. The van der Waals surface area contributed by atoms with E-state index in [0.29, 0.717) is 20.6 Å². The third kappa shape index (κ3) is 3.44. The summed E-state index contributed by atoms with van der Waals surface area (Å²) in [4.78, 5) is 32.0. The Morgan fingerprint density at radius 3 is 2.56 bits per heavy atom. The van der Waals surface area contributed by atoms with Crippen LogP contribution in [0.3, 0.4) is 0 Å². The van der Waals surface area contributed by atoms with Gasteiger partial charge in [0.15, 0.2) is 4.80 Å². The Morgan fingerprint density at radius 1 is 1.12 bits per heavy atom. The first-order valence-corrected chi connectivity index (χ1v) is 12.0. The molecule has 6 nitrogen and oxygen atoms in total. The van der Waals surface area contributed by atoms with Gasteiger partial charge in [0.1, 0.15) is 0 Å². The van der Waals surface area contributed by atoms with E-state index in [0.717, 1.165) is 27.7 Å². The molecule has 1 aliphatic rings. The lowest BCUT2D eigenvalue weighted by molar-refractivity contribution is -0.139. The molecule has 0 saturated heterocycles. The van der Waals surface area contributed by atoms with Gasteiger partial charge in [0.05, 0.1) is 28.5 Å². The van der Waals surface area contributed by atoms with Crippen molar-refractivity contribution in [3.63, 3.8) is 0 Å². The van der Waals surface area contributed by atoms with Gasteiger partial charge in [-0.25, -0.2) is 9.79 Å². The second-order valence-electron chi connectivity index (χ2n) is 8.29. The van der Waals surface area contributed by atoms with Crippen LogP contribution in [-0.2, 0) is 16.6 Å². The molecule has 172 valence electrons. The number of carbonyl (C=O) groups excluding carboxylic acids is 1. The molecule has 34 heavy (non-hydrogen) atoms. The van der Waals surface area contributed by atoms with Gasteiger partial charge in [0.2, 0.25) is 0 Å².